The van der Waals surface area contributed by atoms with E-state index in [9.17, 15) is 13.2 Å². The molecule has 0 aliphatic heterocycles. The number of anilines is 1. The number of thiophene rings is 1. The van der Waals surface area contributed by atoms with Crippen LogP contribution in [0.5, 0.6) is 0 Å². The minimum absolute atomic E-state index is 0.0451. The van der Waals surface area contributed by atoms with E-state index in [-0.39, 0.29) is 17.2 Å². The molecule has 0 spiro atoms. The number of fused-ring (bicyclic) bond motifs is 1. The van der Waals surface area contributed by atoms with E-state index in [0.717, 1.165) is 28.0 Å². The van der Waals surface area contributed by atoms with Gasteiger partial charge >= 0.3 is 0 Å². The van der Waals surface area contributed by atoms with Crippen molar-refractivity contribution in [3.63, 3.8) is 0 Å². The summed E-state index contributed by atoms with van der Waals surface area (Å²) >= 11 is 1.42. The monoisotopic (exact) mass is 309 g/mol. The van der Waals surface area contributed by atoms with E-state index in [4.69, 9.17) is 5.73 Å². The van der Waals surface area contributed by atoms with Gasteiger partial charge in [0.15, 0.2) is 23.3 Å². The summed E-state index contributed by atoms with van der Waals surface area (Å²) in [5, 5.41) is 0.740. The molecule has 1 aromatic carbocycles. The Balaban J connectivity index is 2.26. The number of nitrogens with two attached hydrogens (primary N) is 1. The molecule has 21 heavy (non-hydrogen) atoms. The minimum Gasteiger partial charge on any atom is -0.383 e. The van der Waals surface area contributed by atoms with Crippen molar-refractivity contribution in [3.05, 3.63) is 40.0 Å². The van der Waals surface area contributed by atoms with E-state index in [2.05, 4.69) is 9.97 Å². The SMILES string of the molecule is Cc1sc2nc(-c3cc(F)c(F)c(F)c3)nc(N)c2c1C. The largest absolute Gasteiger partial charge is 0.383 e. The van der Waals surface area contributed by atoms with Gasteiger partial charge in [-0.2, -0.15) is 0 Å². The van der Waals surface area contributed by atoms with Gasteiger partial charge < -0.3 is 5.73 Å². The topological polar surface area (TPSA) is 51.8 Å². The first kappa shape index (κ1) is 13.8. The van der Waals surface area contributed by atoms with E-state index < -0.39 is 17.5 Å². The molecule has 2 aromatic heterocycles. The van der Waals surface area contributed by atoms with Crippen molar-refractivity contribution >= 4 is 27.4 Å². The van der Waals surface area contributed by atoms with Crippen molar-refractivity contribution in [2.45, 2.75) is 13.8 Å². The Labute approximate surface area is 122 Å². The normalized spacial score (nSPS) is 11.3. The van der Waals surface area contributed by atoms with Gasteiger partial charge in [-0.1, -0.05) is 0 Å². The summed E-state index contributed by atoms with van der Waals surface area (Å²) in [7, 11) is 0. The number of nitrogens with zero attached hydrogens (tertiary/aromatic N) is 2. The summed E-state index contributed by atoms with van der Waals surface area (Å²) in [5.74, 6) is -3.78. The van der Waals surface area contributed by atoms with Crippen LogP contribution >= 0.6 is 11.3 Å². The van der Waals surface area contributed by atoms with Gasteiger partial charge in [-0.25, -0.2) is 23.1 Å². The van der Waals surface area contributed by atoms with Gasteiger partial charge in [0.2, 0.25) is 0 Å². The van der Waals surface area contributed by atoms with E-state index in [0.29, 0.717) is 4.83 Å². The molecule has 3 nitrogen and oxygen atoms in total. The second-order valence-corrected chi connectivity index (χ2v) is 5.85. The Hall–Kier alpha value is -2.15. The summed E-state index contributed by atoms with van der Waals surface area (Å²) in [6.07, 6.45) is 0. The van der Waals surface area contributed by atoms with Crippen molar-refractivity contribution in [2.75, 3.05) is 5.73 Å². The predicted molar refractivity (Wildman–Crippen MR) is 76.6 cm³/mol. The summed E-state index contributed by atoms with van der Waals surface area (Å²) in [6.45, 7) is 3.84. The minimum atomic E-state index is -1.52. The first-order chi connectivity index (χ1) is 9.88. The molecular weight excluding hydrogens is 299 g/mol. The van der Waals surface area contributed by atoms with Crippen LogP contribution in [0.15, 0.2) is 12.1 Å². The van der Waals surface area contributed by atoms with E-state index in [1.807, 2.05) is 13.8 Å². The Morgan fingerprint density at radius 1 is 1.05 bits per heavy atom. The number of halogens is 3. The zero-order chi connectivity index (χ0) is 15.3. The Morgan fingerprint density at radius 3 is 2.29 bits per heavy atom. The van der Waals surface area contributed by atoms with Crippen LogP contribution in [0.3, 0.4) is 0 Å². The maximum Gasteiger partial charge on any atom is 0.194 e. The van der Waals surface area contributed by atoms with Gasteiger partial charge in [0, 0.05) is 10.4 Å². The molecule has 2 N–H and O–H groups in total. The number of aryl methyl sites for hydroxylation is 2. The number of rotatable bonds is 1. The molecule has 0 bridgehead atoms. The third-order valence-corrected chi connectivity index (χ3v) is 4.40. The van der Waals surface area contributed by atoms with Gasteiger partial charge in [0.25, 0.3) is 0 Å². The molecular formula is C14H10F3N3S. The van der Waals surface area contributed by atoms with Crippen LogP contribution in [-0.2, 0) is 0 Å². The highest BCUT2D eigenvalue weighted by Gasteiger charge is 2.17. The van der Waals surface area contributed by atoms with Crippen LogP contribution in [-0.4, -0.2) is 9.97 Å². The second kappa shape index (κ2) is 4.70. The maximum absolute atomic E-state index is 13.3. The lowest BCUT2D eigenvalue weighted by Crippen LogP contribution is -1.99. The fourth-order valence-electron chi connectivity index (χ4n) is 2.09. The summed E-state index contributed by atoms with van der Waals surface area (Å²) in [6, 6.07) is 1.71. The molecule has 0 saturated heterocycles. The molecule has 0 fully saturated rings. The van der Waals surface area contributed by atoms with Crippen molar-refractivity contribution < 1.29 is 13.2 Å². The molecule has 0 aliphatic carbocycles. The zero-order valence-electron chi connectivity index (χ0n) is 11.2. The van der Waals surface area contributed by atoms with Gasteiger partial charge in [-0.05, 0) is 31.5 Å². The lowest BCUT2D eigenvalue weighted by molar-refractivity contribution is 0.447. The number of aromatic nitrogens is 2. The van der Waals surface area contributed by atoms with Gasteiger partial charge in [-0.15, -0.1) is 11.3 Å². The van der Waals surface area contributed by atoms with Crippen LogP contribution in [0.25, 0.3) is 21.6 Å². The standard InChI is InChI=1S/C14H10F3N3S/c1-5-6(2)21-14-10(5)12(18)19-13(20-14)7-3-8(15)11(17)9(16)4-7/h3-4H,1-2H3,(H2,18,19,20). The average Bonchev–Trinajstić information content (AvgIpc) is 2.71. The zero-order valence-corrected chi connectivity index (χ0v) is 12.0. The van der Waals surface area contributed by atoms with E-state index in [1.165, 1.54) is 11.3 Å². The molecule has 0 amide bonds. The highest BCUT2D eigenvalue weighted by molar-refractivity contribution is 7.18. The second-order valence-electron chi connectivity index (χ2n) is 4.65. The van der Waals surface area contributed by atoms with Crippen LogP contribution in [0, 0.1) is 31.3 Å². The molecule has 0 atom stereocenters. The van der Waals surface area contributed by atoms with Gasteiger partial charge in [0.1, 0.15) is 10.6 Å². The Morgan fingerprint density at radius 2 is 1.67 bits per heavy atom. The van der Waals surface area contributed by atoms with Crippen LogP contribution < -0.4 is 5.73 Å². The molecule has 0 saturated carbocycles. The van der Waals surface area contributed by atoms with Gasteiger partial charge in [0.05, 0.1) is 5.39 Å². The molecule has 108 valence electrons. The fraction of sp³-hybridized carbons (Fsp3) is 0.143. The number of hydrogen-bond donors (Lipinski definition) is 1. The molecule has 3 aromatic rings. The van der Waals surface area contributed by atoms with E-state index in [1.54, 1.807) is 0 Å². The third kappa shape index (κ3) is 2.13. The maximum atomic E-state index is 13.3. The average molecular weight is 309 g/mol. The van der Waals surface area contributed by atoms with Crippen LogP contribution in [0.1, 0.15) is 10.4 Å². The lowest BCUT2D eigenvalue weighted by atomic mass is 10.1. The van der Waals surface area contributed by atoms with Crippen molar-refractivity contribution in [1.82, 2.24) is 9.97 Å². The number of benzene rings is 1. The molecule has 0 radical (unpaired) electrons. The molecule has 0 aliphatic rings. The first-order valence-electron chi connectivity index (χ1n) is 6.06. The highest BCUT2D eigenvalue weighted by atomic mass is 32.1. The van der Waals surface area contributed by atoms with Crippen molar-refractivity contribution in [2.24, 2.45) is 0 Å². The van der Waals surface area contributed by atoms with Gasteiger partial charge in [-0.3, -0.25) is 0 Å². The lowest BCUT2D eigenvalue weighted by Gasteiger charge is -2.05. The molecule has 0 unspecified atom stereocenters. The summed E-state index contributed by atoms with van der Waals surface area (Å²) in [4.78, 5) is 10.0. The van der Waals surface area contributed by atoms with E-state index >= 15 is 0 Å². The highest BCUT2D eigenvalue weighted by Crippen LogP contribution is 2.33. The quantitative estimate of drug-likeness (QED) is 0.692. The molecule has 3 rings (SSSR count). The molecule has 7 heteroatoms. The fourth-order valence-corrected chi connectivity index (χ4v) is 3.13. The van der Waals surface area contributed by atoms with Crippen LogP contribution in [0.2, 0.25) is 0 Å². The van der Waals surface area contributed by atoms with Crippen molar-refractivity contribution in [3.8, 4) is 11.4 Å². The predicted octanol–water partition coefficient (Wildman–Crippen LogP) is 3.97. The molecule has 2 heterocycles. The Kier molecular flexibility index (Phi) is 3.09. The van der Waals surface area contributed by atoms with Crippen molar-refractivity contribution in [1.29, 1.82) is 0 Å². The number of hydrogen-bond acceptors (Lipinski definition) is 4. The summed E-state index contributed by atoms with van der Waals surface area (Å²) < 4.78 is 39.6. The Bertz CT molecular complexity index is 851. The smallest absolute Gasteiger partial charge is 0.194 e. The summed E-state index contributed by atoms with van der Waals surface area (Å²) in [5.41, 5.74) is 6.94. The van der Waals surface area contributed by atoms with Crippen LogP contribution in [0.4, 0.5) is 19.0 Å². The number of nitrogen functional groups attached to an aromatic ring is 1. The first-order valence-corrected chi connectivity index (χ1v) is 6.88. The third-order valence-electron chi connectivity index (χ3n) is 3.30.